The highest BCUT2D eigenvalue weighted by atomic mass is 32.2. The Labute approximate surface area is 735 Å². The van der Waals surface area contributed by atoms with Gasteiger partial charge in [-0.25, -0.2) is 74.5 Å². The number of fused-ring (bicyclic) bond motifs is 4. The van der Waals surface area contributed by atoms with E-state index in [1.807, 2.05) is 151 Å². The van der Waals surface area contributed by atoms with Crippen LogP contribution in [0.2, 0.25) is 0 Å². The molecule has 0 spiro atoms. The second-order valence-corrected chi connectivity index (χ2v) is 40.6. The monoisotopic (exact) mass is 1800 g/mol. The van der Waals surface area contributed by atoms with Gasteiger partial charge in [0, 0.05) is 65.0 Å². The molecule has 0 saturated carbocycles. The molecule has 0 radical (unpaired) electrons. The normalized spacial score (nSPS) is 12.3. The summed E-state index contributed by atoms with van der Waals surface area (Å²) in [5.41, 5.74) is 7.98. The molecule has 0 bridgehead atoms. The third kappa shape index (κ3) is 20.7. The number of alkyl halides is 4. The van der Waals surface area contributed by atoms with Crippen LogP contribution >= 0.6 is 0 Å². The van der Waals surface area contributed by atoms with Crippen molar-refractivity contribution < 1.29 is 61.0 Å². The number of nitrogens with one attached hydrogen (secondary N) is 5. The summed E-state index contributed by atoms with van der Waals surface area (Å²) in [4.78, 5) is 9.05. The van der Waals surface area contributed by atoms with Gasteiger partial charge in [-0.05, 0) is 184 Å². The lowest BCUT2D eigenvalue weighted by Crippen LogP contribution is -2.28. The Morgan fingerprint density at radius 3 is 1.12 bits per heavy atom. The zero-order chi connectivity index (χ0) is 91.0. The van der Waals surface area contributed by atoms with E-state index in [9.17, 15) is 56.4 Å². The molecule has 26 nitrogen and oxygen atoms in total. The topological polar surface area (TPSA) is 335 Å². The largest absolute Gasteiger partial charge is 0.426 e. The predicted molar refractivity (Wildman–Crippen MR) is 487 cm³/mol. The molecule has 8 aromatic heterocycles. The van der Waals surface area contributed by atoms with Gasteiger partial charge in [0.25, 0.3) is 52.9 Å². The third-order valence-electron chi connectivity index (χ3n) is 20.6. The molecule has 660 valence electrons. The Morgan fingerprint density at radius 1 is 0.378 bits per heavy atom. The van der Waals surface area contributed by atoms with Crippen LogP contribution in [-0.4, -0.2) is 92.7 Å². The number of aromatic nitrogens is 12. The van der Waals surface area contributed by atoms with Crippen LogP contribution in [0.1, 0.15) is 143 Å². The van der Waals surface area contributed by atoms with Crippen molar-refractivity contribution in [1.29, 1.82) is 5.41 Å². The Morgan fingerprint density at radius 2 is 0.724 bits per heavy atom. The first-order valence-electron chi connectivity index (χ1n) is 39.6. The van der Waals surface area contributed by atoms with E-state index in [-0.39, 0.29) is 77.0 Å². The van der Waals surface area contributed by atoms with Gasteiger partial charge in [0.2, 0.25) is 5.52 Å². The van der Waals surface area contributed by atoms with Crippen LogP contribution in [0.15, 0.2) is 287 Å². The van der Waals surface area contributed by atoms with Crippen molar-refractivity contribution in [2.24, 2.45) is 7.05 Å². The van der Waals surface area contributed by atoms with Crippen LogP contribution < -0.4 is 28.9 Å². The number of hydrogen-bond acceptors (Lipinski definition) is 16. The molecule has 127 heavy (non-hydrogen) atoms. The molecule has 6 N–H and O–H groups in total. The second kappa shape index (κ2) is 36.3. The number of nitrogens with zero attached hydrogens (tertiary/aromatic N) is 12. The minimum Gasteiger partial charge on any atom is -0.426 e. The number of anilines is 4. The van der Waals surface area contributed by atoms with E-state index in [2.05, 4.69) is 90.8 Å². The maximum absolute atomic E-state index is 13.5. The zero-order valence-corrected chi connectivity index (χ0v) is 74.5. The first-order chi connectivity index (χ1) is 59.3. The summed E-state index contributed by atoms with van der Waals surface area (Å²) in [7, 11) is -13.7. The van der Waals surface area contributed by atoms with Crippen molar-refractivity contribution in [3.05, 3.63) is 312 Å². The van der Waals surface area contributed by atoms with E-state index in [0.717, 1.165) is 72.2 Å². The summed E-state index contributed by atoms with van der Waals surface area (Å²) in [6, 6.07) is 67.6. The molecular weight excluding hydrogens is 1700 g/mol. The summed E-state index contributed by atoms with van der Waals surface area (Å²) >= 11 is 0. The van der Waals surface area contributed by atoms with Crippen molar-refractivity contribution in [3.63, 3.8) is 0 Å². The van der Waals surface area contributed by atoms with Gasteiger partial charge in [-0.3, -0.25) is 34.3 Å². The van der Waals surface area contributed by atoms with Crippen molar-refractivity contribution in [1.82, 2.24) is 53.8 Å². The van der Waals surface area contributed by atoms with E-state index in [1.54, 1.807) is 125 Å². The van der Waals surface area contributed by atoms with Crippen molar-refractivity contribution in [2.75, 3.05) is 18.9 Å². The maximum Gasteiger partial charge on any atom is 0.282 e. The van der Waals surface area contributed by atoms with E-state index in [4.69, 9.17) is 5.41 Å². The Hall–Kier alpha value is -13.4. The van der Waals surface area contributed by atoms with Gasteiger partial charge in [-0.1, -0.05) is 163 Å². The molecule has 0 atom stereocenters. The molecule has 0 saturated heterocycles. The molecule has 0 aliphatic rings. The first kappa shape index (κ1) is 92.7. The van der Waals surface area contributed by atoms with Crippen LogP contribution in [0, 0.1) is 12.3 Å². The molecule has 0 unspecified atom stereocenters. The molecular formula is C93H98F4N17O9S4+. The third-order valence-corrected chi connectivity index (χ3v) is 26.0. The number of sulfonamides is 4. The van der Waals surface area contributed by atoms with Gasteiger partial charge in [0.15, 0.2) is 11.7 Å². The van der Waals surface area contributed by atoms with Crippen molar-refractivity contribution in [2.45, 2.75) is 152 Å². The van der Waals surface area contributed by atoms with E-state index >= 15 is 0 Å². The number of rotatable bonds is 18. The lowest BCUT2D eigenvalue weighted by molar-refractivity contribution is -0.644. The number of benzene rings is 8. The average molecular weight is 1800 g/mol. The summed E-state index contributed by atoms with van der Waals surface area (Å²) in [6.07, 6.45) is 1.10. The highest BCUT2D eigenvalue weighted by Crippen LogP contribution is 2.36. The predicted octanol–water partition coefficient (Wildman–Crippen LogP) is 19.4. The second-order valence-electron chi connectivity index (χ2n) is 33.8. The summed E-state index contributed by atoms with van der Waals surface area (Å²) in [5.74, 6) is 0.483. The highest BCUT2D eigenvalue weighted by Gasteiger charge is 2.29. The zero-order valence-electron chi connectivity index (χ0n) is 71.3. The van der Waals surface area contributed by atoms with Gasteiger partial charge in [-0.2, -0.15) is 25.1 Å². The number of pyridine rings is 4. The average Bonchev–Trinajstić information content (AvgIpc) is 1.68. The molecule has 8 heterocycles. The number of aryl methyl sites for hydroxylation is 2. The molecule has 8 aromatic carbocycles. The van der Waals surface area contributed by atoms with Gasteiger partial charge < -0.3 is 5.21 Å². The van der Waals surface area contributed by atoms with Gasteiger partial charge in [-0.15, -0.1) is 0 Å². The molecule has 0 aliphatic carbocycles. The summed E-state index contributed by atoms with van der Waals surface area (Å²) in [6.45, 7) is 26.5. The number of hydrogen-bond donors (Lipinski definition) is 6. The van der Waals surface area contributed by atoms with E-state index in [0.29, 0.717) is 44.0 Å². The summed E-state index contributed by atoms with van der Waals surface area (Å²) < 4.78 is 176. The molecule has 0 aliphatic heterocycles. The SMILES string of the molecule is C.CC(C)(C)c1ccc(S(=O)(=O)Nc2cc(C(F)F)nn2-c2cccc3c2ccc(=N)n3O)cc1.CC(C)(C)c1ccc(S(=O)(=O)Nc2cc(C(F)F)nn2-c2cccc3ncccc23)cc1.C[n+]1cccc2c(-n3nccc3NS(=O)(=O)c3ccc(C(C)(C)C)cc3)cccc21.Cc1cc(NS(=O)(=O)c2ccc(C(C)(C)C)cc2)n(-c2cccc3ncccc23)n1. The van der Waals surface area contributed by atoms with Crippen LogP contribution in [0.25, 0.3) is 66.4 Å². The van der Waals surface area contributed by atoms with Crippen LogP contribution in [0.5, 0.6) is 0 Å². The van der Waals surface area contributed by atoms with Crippen LogP contribution in [0.4, 0.5) is 40.8 Å². The summed E-state index contributed by atoms with van der Waals surface area (Å²) in [5, 5.41) is 37.6. The lowest BCUT2D eigenvalue weighted by atomic mass is 9.87. The van der Waals surface area contributed by atoms with Crippen LogP contribution in [0.3, 0.4) is 0 Å². The van der Waals surface area contributed by atoms with Crippen LogP contribution in [-0.2, 0) is 68.8 Å². The fraction of sp³-hybridized carbons (Fsp3) is 0.226. The molecule has 16 rings (SSSR count). The van der Waals surface area contributed by atoms with E-state index in [1.165, 1.54) is 53.2 Å². The lowest BCUT2D eigenvalue weighted by Gasteiger charge is -2.19. The quantitative estimate of drug-likeness (QED) is 0.0264. The molecule has 0 fully saturated rings. The van der Waals surface area contributed by atoms with Gasteiger partial charge in [0.05, 0.1) is 76.2 Å². The molecule has 0 amide bonds. The fourth-order valence-electron chi connectivity index (χ4n) is 13.7. The molecule has 34 heteroatoms. The van der Waals surface area contributed by atoms with Gasteiger partial charge in [0.1, 0.15) is 41.7 Å². The standard InChI is InChI=1S/C23H23F2N5O3S.C23H22F2N4O2S.C23H25N4O2S.C23H24N4O2S.CH4/c1-23(2,3)14-7-9-15(10-8-14)34(32,33)28-21-13-17(22(24)25)27-29(21)18-5-4-6-19-16(18)11-12-20(26)30(19)31;1-23(2,3)15-9-11-16(12-10-15)32(30,31)28-21-14-19(22(24)25)27-29(21)20-8-4-7-18-17(20)6-5-13-26-18;1-23(2,3)17-10-12-18(13-11-17)30(28,29)25-22-14-15-24-27(22)21-9-5-8-20-19(21)7-6-16-26(20)4;1-16-15-22(26-30(28,29)18-12-10-17(11-13-18)23(2,3)4)27(25-16)21-9-5-8-20-19(21)7-6-14-24-20;/h4-13,22,26,28,31H,1-3H3;4-14,22,28H,1-3H3;5-16,25H,1-4H3;5-15,26H,1-4H3;1H4/q;;+1;;. The Balaban J connectivity index is 0.000000154. The Kier molecular flexibility index (Phi) is 26.5. The first-order valence-corrected chi connectivity index (χ1v) is 45.5. The fourth-order valence-corrected chi connectivity index (χ4v) is 17.9. The van der Waals surface area contributed by atoms with E-state index < -0.39 is 64.3 Å². The van der Waals surface area contributed by atoms with Gasteiger partial charge >= 0.3 is 0 Å². The Bertz CT molecular complexity index is 7270. The minimum absolute atomic E-state index is 0. The smallest absolute Gasteiger partial charge is 0.282 e. The number of halogens is 4. The van der Waals surface area contributed by atoms with Crippen molar-refractivity contribution in [3.8, 4) is 22.7 Å². The molecule has 16 aromatic rings. The highest BCUT2D eigenvalue weighted by molar-refractivity contribution is 7.93. The maximum atomic E-state index is 13.5. The van der Waals surface area contributed by atoms with Crippen molar-refractivity contribution >= 4 is 107 Å². The minimum atomic E-state index is -4.13.